The van der Waals surface area contributed by atoms with Crippen molar-refractivity contribution in [2.45, 2.75) is 10.8 Å². The van der Waals surface area contributed by atoms with Crippen LogP contribution >= 0.6 is 0 Å². The molecule has 12 aromatic carbocycles. The summed E-state index contributed by atoms with van der Waals surface area (Å²) >= 11 is 0. The first-order valence-corrected chi connectivity index (χ1v) is 28.4. The predicted molar refractivity (Wildman–Crippen MR) is 337 cm³/mol. The van der Waals surface area contributed by atoms with Crippen molar-refractivity contribution in [3.63, 3.8) is 0 Å². The summed E-state index contributed by atoms with van der Waals surface area (Å²) in [6, 6.07) is 115. The lowest BCUT2D eigenvalue weighted by Crippen LogP contribution is -2.28. The molecule has 382 valence electrons. The maximum absolute atomic E-state index is 5.58. The van der Waals surface area contributed by atoms with E-state index in [0.717, 1.165) is 67.0 Å². The number of pyridine rings is 1. The van der Waals surface area contributed by atoms with Crippen LogP contribution in [0.25, 0.3) is 83.3 Å². The van der Waals surface area contributed by atoms with Gasteiger partial charge in [-0.2, -0.15) is 5.10 Å². The summed E-state index contributed by atoms with van der Waals surface area (Å²) in [5.41, 5.74) is 27.4. The van der Waals surface area contributed by atoms with Gasteiger partial charge in [-0.05, 0) is 131 Å². The fourth-order valence-corrected chi connectivity index (χ4v) is 14.8. The average Bonchev–Trinajstić information content (AvgIpc) is 1.91. The Morgan fingerprint density at radius 2 is 0.671 bits per heavy atom. The van der Waals surface area contributed by atoms with Crippen LogP contribution in [0.1, 0.15) is 44.5 Å². The van der Waals surface area contributed by atoms with Crippen molar-refractivity contribution in [1.82, 2.24) is 9.61 Å². The first-order valence-electron chi connectivity index (χ1n) is 28.4. The van der Waals surface area contributed by atoms with Crippen LogP contribution in [0.4, 0.5) is 17.1 Å². The molecular weight excluding hydrogens is 991 g/mol. The van der Waals surface area contributed by atoms with Gasteiger partial charge in [0.15, 0.2) is 0 Å². The van der Waals surface area contributed by atoms with Crippen molar-refractivity contribution in [3.8, 4) is 67.0 Å². The highest BCUT2D eigenvalue weighted by atomic mass is 15.2. The maximum atomic E-state index is 5.58. The van der Waals surface area contributed by atoms with Crippen LogP contribution in [-0.2, 0) is 10.8 Å². The van der Waals surface area contributed by atoms with Gasteiger partial charge in [-0.1, -0.05) is 267 Å². The van der Waals surface area contributed by atoms with E-state index in [1.807, 2.05) is 0 Å². The Bertz CT molecular complexity index is 4640. The number of nitrogens with zero attached hydrogens (tertiary/aromatic N) is 3. The van der Waals surface area contributed by atoms with Gasteiger partial charge < -0.3 is 4.90 Å². The average molecular weight is 1040 g/mol. The molecule has 3 heteroatoms. The highest BCUT2D eigenvalue weighted by molar-refractivity contribution is 6.10. The van der Waals surface area contributed by atoms with Gasteiger partial charge in [0.25, 0.3) is 0 Å². The van der Waals surface area contributed by atoms with Crippen LogP contribution in [0.3, 0.4) is 0 Å². The molecule has 1 spiro atoms. The number of benzene rings is 12. The predicted octanol–water partition coefficient (Wildman–Crippen LogP) is 19.7. The Balaban J connectivity index is 0.967. The van der Waals surface area contributed by atoms with Gasteiger partial charge in [0.2, 0.25) is 0 Å². The zero-order valence-electron chi connectivity index (χ0n) is 44.8. The van der Waals surface area contributed by atoms with E-state index in [1.54, 1.807) is 0 Å². The van der Waals surface area contributed by atoms with Gasteiger partial charge in [0.1, 0.15) is 5.69 Å². The molecule has 2 aromatic heterocycles. The zero-order chi connectivity index (χ0) is 53.9. The van der Waals surface area contributed by atoms with Crippen molar-refractivity contribution in [2.75, 3.05) is 4.90 Å². The van der Waals surface area contributed by atoms with Crippen LogP contribution in [0.2, 0.25) is 0 Å². The molecule has 0 atom stereocenters. The van der Waals surface area contributed by atoms with Crippen molar-refractivity contribution < 1.29 is 0 Å². The third-order valence-corrected chi connectivity index (χ3v) is 18.1. The molecule has 3 aliphatic carbocycles. The summed E-state index contributed by atoms with van der Waals surface area (Å²) in [5, 5.41) is 7.81. The molecule has 0 amide bonds. The minimum Gasteiger partial charge on any atom is -0.310 e. The van der Waals surface area contributed by atoms with Gasteiger partial charge >= 0.3 is 0 Å². The van der Waals surface area contributed by atoms with Gasteiger partial charge in [-0.15, -0.1) is 0 Å². The summed E-state index contributed by atoms with van der Waals surface area (Å²) in [7, 11) is 0. The minimum atomic E-state index is -0.594. The SMILES string of the molecule is c1ccc(-c2nn3c(-c4ccccc4)cc4cc(N(c5ccc6c(c5)C(c5ccccc5)(c5ccccc5)c5ccccc5-6)c5ccc6c(c5)C5(c7ccccc7-c7ccccc75)c5ccccc5-6)ccc4c3c2-c2ccccc2)cc1. The smallest absolute Gasteiger partial charge is 0.101 e. The fraction of sp³-hybridized carbons (Fsp3) is 0.0253. The third-order valence-electron chi connectivity index (χ3n) is 18.1. The van der Waals surface area contributed by atoms with Crippen LogP contribution in [0.15, 0.2) is 309 Å². The molecule has 0 saturated carbocycles. The number of hydrogen-bond acceptors (Lipinski definition) is 2. The van der Waals surface area contributed by atoms with Crippen molar-refractivity contribution in [1.29, 1.82) is 0 Å². The van der Waals surface area contributed by atoms with Gasteiger partial charge in [0.05, 0.1) is 22.0 Å². The zero-order valence-corrected chi connectivity index (χ0v) is 44.8. The Labute approximate surface area is 477 Å². The lowest BCUT2D eigenvalue weighted by atomic mass is 9.67. The Hall–Kier alpha value is -10.6. The number of aromatic nitrogens is 2. The van der Waals surface area contributed by atoms with Crippen LogP contribution in [-0.4, -0.2) is 9.61 Å². The summed E-state index contributed by atoms with van der Waals surface area (Å²) in [5.74, 6) is 0. The Morgan fingerprint density at radius 1 is 0.293 bits per heavy atom. The molecule has 0 bridgehead atoms. The van der Waals surface area contributed by atoms with Crippen molar-refractivity contribution in [3.05, 3.63) is 354 Å². The molecule has 17 rings (SSSR count). The maximum Gasteiger partial charge on any atom is 0.101 e. The van der Waals surface area contributed by atoms with Gasteiger partial charge in [0, 0.05) is 39.1 Å². The molecule has 0 aliphatic heterocycles. The van der Waals surface area contributed by atoms with E-state index < -0.39 is 10.8 Å². The van der Waals surface area contributed by atoms with Crippen molar-refractivity contribution >= 4 is 33.4 Å². The fourth-order valence-electron chi connectivity index (χ4n) is 14.8. The van der Waals surface area contributed by atoms with Gasteiger partial charge in [-0.3, -0.25) is 0 Å². The van der Waals surface area contributed by atoms with Gasteiger partial charge in [-0.25, -0.2) is 4.52 Å². The number of hydrogen-bond donors (Lipinski definition) is 0. The largest absolute Gasteiger partial charge is 0.310 e. The second kappa shape index (κ2) is 18.0. The van der Waals surface area contributed by atoms with Crippen molar-refractivity contribution in [2.24, 2.45) is 0 Å². The second-order valence-corrected chi connectivity index (χ2v) is 22.1. The standard InChI is InChI=1S/C79H51N3/c1-6-24-52(25-7-1)74-49-55-48-58(42-45-61(55)77-75(53-26-8-2-9-27-53)76(80-82(74)77)54-28-10-3-11-29-54)81(59-43-46-66-64-36-16-20-38-68(64)78(72(66)50-59,56-30-12-4-13-31-56)57-32-14-5-15-33-57)60-44-47-67-65-37-19-23-41-71(65)79(73(67)51-60)69-39-21-17-34-62(69)63-35-18-22-40-70(63)79/h1-51H. The van der Waals surface area contributed by atoms with E-state index in [-0.39, 0.29) is 0 Å². The molecule has 0 N–H and O–H groups in total. The first kappa shape index (κ1) is 46.3. The van der Waals surface area contributed by atoms with E-state index in [4.69, 9.17) is 5.10 Å². The molecule has 14 aromatic rings. The van der Waals surface area contributed by atoms with E-state index in [9.17, 15) is 0 Å². The molecular formula is C79H51N3. The minimum absolute atomic E-state index is 0.526. The molecule has 0 saturated heterocycles. The molecule has 0 unspecified atom stereocenters. The summed E-state index contributed by atoms with van der Waals surface area (Å²) < 4.78 is 2.19. The summed E-state index contributed by atoms with van der Waals surface area (Å²) in [4.78, 5) is 2.53. The number of rotatable bonds is 8. The summed E-state index contributed by atoms with van der Waals surface area (Å²) in [6.45, 7) is 0. The molecule has 0 fully saturated rings. The topological polar surface area (TPSA) is 20.5 Å². The highest BCUT2D eigenvalue weighted by Gasteiger charge is 2.52. The molecule has 0 radical (unpaired) electrons. The van der Waals surface area contributed by atoms with E-state index in [2.05, 4.69) is 319 Å². The molecule has 2 heterocycles. The Kier molecular flexibility index (Phi) is 10.1. The van der Waals surface area contributed by atoms with Crippen LogP contribution in [0, 0.1) is 0 Å². The van der Waals surface area contributed by atoms with E-state index >= 15 is 0 Å². The normalized spacial score (nSPS) is 13.6. The second-order valence-electron chi connectivity index (χ2n) is 22.1. The van der Waals surface area contributed by atoms with E-state index in [0.29, 0.717) is 0 Å². The third kappa shape index (κ3) is 6.45. The number of anilines is 3. The quantitative estimate of drug-likeness (QED) is 0.151. The molecule has 82 heavy (non-hydrogen) atoms. The number of fused-ring (bicyclic) bond motifs is 16. The Morgan fingerprint density at radius 3 is 1.17 bits per heavy atom. The summed E-state index contributed by atoms with van der Waals surface area (Å²) in [6.07, 6.45) is 0. The molecule has 3 aliphatic rings. The first-order chi connectivity index (χ1) is 40.7. The monoisotopic (exact) mass is 1040 g/mol. The lowest BCUT2D eigenvalue weighted by molar-refractivity contribution is 0.768. The lowest BCUT2D eigenvalue weighted by Gasteiger charge is -2.35. The molecule has 3 nitrogen and oxygen atoms in total. The van der Waals surface area contributed by atoms with E-state index in [1.165, 1.54) is 77.9 Å². The van der Waals surface area contributed by atoms with Crippen LogP contribution in [0.5, 0.6) is 0 Å². The highest BCUT2D eigenvalue weighted by Crippen LogP contribution is 2.64. The van der Waals surface area contributed by atoms with Crippen LogP contribution < -0.4 is 4.90 Å².